The third kappa shape index (κ3) is 2.13. The molecule has 0 fully saturated rings. The third-order valence-corrected chi connectivity index (χ3v) is 4.86. The van der Waals surface area contributed by atoms with E-state index in [2.05, 4.69) is 0 Å². The predicted molar refractivity (Wildman–Crippen MR) is 72.7 cm³/mol. The summed E-state index contributed by atoms with van der Waals surface area (Å²) in [6.07, 6.45) is 1.97. The molecule has 1 aliphatic carbocycles. The van der Waals surface area contributed by atoms with E-state index < -0.39 is 17.0 Å². The molecule has 0 aromatic rings. The molecule has 0 amide bonds. The Morgan fingerprint density at radius 2 is 1.55 bits per heavy atom. The molecule has 1 heterocycles. The average Bonchev–Trinajstić information content (AvgIpc) is 2.40. The summed E-state index contributed by atoms with van der Waals surface area (Å²) in [5.74, 6) is -0.414. The van der Waals surface area contributed by atoms with Gasteiger partial charge in [0.25, 0.3) is 11.6 Å². The number of ketones is 1. The van der Waals surface area contributed by atoms with Gasteiger partial charge in [0.2, 0.25) is 0 Å². The first kappa shape index (κ1) is 15.3. The molecule has 0 saturated heterocycles. The second-order valence-electron chi connectivity index (χ2n) is 6.14. The Labute approximate surface area is 120 Å². The van der Waals surface area contributed by atoms with Crippen LogP contribution in [0.2, 0.25) is 0 Å². The topological polar surface area (TPSA) is 54.0 Å². The van der Waals surface area contributed by atoms with Gasteiger partial charge < -0.3 is 18.9 Å². The highest BCUT2D eigenvalue weighted by Crippen LogP contribution is 2.49. The van der Waals surface area contributed by atoms with Gasteiger partial charge in [-0.2, -0.15) is 0 Å². The van der Waals surface area contributed by atoms with Crippen LogP contribution in [0.5, 0.6) is 0 Å². The van der Waals surface area contributed by atoms with E-state index in [1.54, 1.807) is 35.0 Å². The Kier molecular flexibility index (Phi) is 3.63. The molecule has 0 spiro atoms. The lowest BCUT2D eigenvalue weighted by Gasteiger charge is -2.50. The van der Waals surface area contributed by atoms with Crippen LogP contribution in [0.15, 0.2) is 11.5 Å². The highest BCUT2D eigenvalue weighted by Gasteiger charge is 2.56. The number of rotatable bonds is 3. The molecule has 0 N–H and O–H groups in total. The fraction of sp³-hybridized carbons (Fsp3) is 0.800. The first-order valence-electron chi connectivity index (χ1n) is 6.91. The van der Waals surface area contributed by atoms with Crippen LogP contribution in [0.25, 0.3) is 0 Å². The van der Waals surface area contributed by atoms with E-state index in [4.69, 9.17) is 18.9 Å². The standard InChI is InChI=1S/C15H24O5/c1-10(16)13(2)8-7-11-12(9-13)20-15(4,18-6)14(3,17-5)19-11/h7-9H2,1-6H3/t13-,14+,15+/m0/s1. The monoisotopic (exact) mass is 284 g/mol. The predicted octanol–water partition coefficient (Wildman–Crippen LogP) is 2.75. The van der Waals surface area contributed by atoms with E-state index in [0.29, 0.717) is 18.6 Å². The molecule has 0 aromatic carbocycles. The molecule has 20 heavy (non-hydrogen) atoms. The Balaban J connectivity index is 2.35. The summed E-state index contributed by atoms with van der Waals surface area (Å²) in [5, 5.41) is 0. The normalized spacial score (nSPS) is 40.7. The number of hydrogen-bond donors (Lipinski definition) is 0. The van der Waals surface area contributed by atoms with Crippen LogP contribution >= 0.6 is 0 Å². The van der Waals surface area contributed by atoms with Crippen molar-refractivity contribution >= 4 is 5.78 Å². The van der Waals surface area contributed by atoms with Gasteiger partial charge in [-0.25, -0.2) is 0 Å². The van der Waals surface area contributed by atoms with Gasteiger partial charge in [0, 0.05) is 46.3 Å². The molecular weight excluding hydrogens is 260 g/mol. The number of carbonyl (C=O) groups excluding carboxylic acids is 1. The highest BCUT2D eigenvalue weighted by molar-refractivity contribution is 5.82. The maximum Gasteiger partial charge on any atom is 0.272 e. The zero-order chi connectivity index (χ0) is 15.2. The maximum absolute atomic E-state index is 11.8. The molecule has 0 saturated carbocycles. The molecule has 5 heteroatoms. The minimum atomic E-state index is -1.05. The Bertz CT molecular complexity index is 457. The number of methoxy groups -OCH3 is 2. The lowest BCUT2D eigenvalue weighted by atomic mass is 9.74. The fourth-order valence-corrected chi connectivity index (χ4v) is 2.68. The third-order valence-electron chi connectivity index (χ3n) is 4.86. The zero-order valence-corrected chi connectivity index (χ0v) is 13.2. The van der Waals surface area contributed by atoms with Crippen molar-refractivity contribution in [1.82, 2.24) is 0 Å². The quantitative estimate of drug-likeness (QED) is 0.797. The van der Waals surface area contributed by atoms with Gasteiger partial charge in [0.15, 0.2) is 0 Å². The van der Waals surface area contributed by atoms with E-state index in [-0.39, 0.29) is 5.78 Å². The summed E-state index contributed by atoms with van der Waals surface area (Å²) in [6, 6.07) is 0. The molecule has 5 nitrogen and oxygen atoms in total. The number of hydrogen-bond acceptors (Lipinski definition) is 5. The van der Waals surface area contributed by atoms with Crippen LogP contribution in [-0.2, 0) is 23.7 Å². The first-order chi connectivity index (χ1) is 9.20. The summed E-state index contributed by atoms with van der Waals surface area (Å²) >= 11 is 0. The summed E-state index contributed by atoms with van der Waals surface area (Å²) in [7, 11) is 3.12. The van der Waals surface area contributed by atoms with E-state index in [1.165, 1.54) is 0 Å². The number of carbonyl (C=O) groups is 1. The van der Waals surface area contributed by atoms with Crippen LogP contribution in [0.3, 0.4) is 0 Å². The van der Waals surface area contributed by atoms with Gasteiger partial charge in [0.1, 0.15) is 17.3 Å². The average molecular weight is 284 g/mol. The first-order valence-corrected chi connectivity index (χ1v) is 6.91. The molecule has 0 aromatic heterocycles. The number of allylic oxidation sites excluding steroid dienone is 2. The zero-order valence-electron chi connectivity index (χ0n) is 13.2. The largest absolute Gasteiger partial charge is 0.456 e. The molecule has 114 valence electrons. The molecule has 1 aliphatic heterocycles. The van der Waals surface area contributed by atoms with Crippen molar-refractivity contribution in [2.75, 3.05) is 14.2 Å². The van der Waals surface area contributed by atoms with Gasteiger partial charge in [-0.05, 0) is 13.3 Å². The lowest BCUT2D eigenvalue weighted by Crippen LogP contribution is -2.59. The Hall–Kier alpha value is -1.07. The highest BCUT2D eigenvalue weighted by atomic mass is 16.8. The van der Waals surface area contributed by atoms with Crippen LogP contribution in [0.1, 0.15) is 47.0 Å². The lowest BCUT2D eigenvalue weighted by molar-refractivity contribution is -0.385. The molecule has 3 atom stereocenters. The van der Waals surface area contributed by atoms with Crippen molar-refractivity contribution in [2.24, 2.45) is 5.41 Å². The van der Waals surface area contributed by atoms with Gasteiger partial charge in [-0.3, -0.25) is 4.79 Å². The number of Topliss-reactive ketones (excluding diaryl/α,β-unsaturated/α-hetero) is 1. The summed E-state index contributed by atoms with van der Waals surface area (Å²) in [4.78, 5) is 11.8. The molecule has 2 rings (SSSR count). The molecule has 0 unspecified atom stereocenters. The van der Waals surface area contributed by atoms with Crippen LogP contribution < -0.4 is 0 Å². The minimum Gasteiger partial charge on any atom is -0.456 e. The van der Waals surface area contributed by atoms with E-state index in [0.717, 1.165) is 12.2 Å². The molecule has 0 radical (unpaired) electrons. The summed E-state index contributed by atoms with van der Waals surface area (Å²) in [5.41, 5.74) is -0.391. The summed E-state index contributed by atoms with van der Waals surface area (Å²) in [6.45, 7) is 7.17. The van der Waals surface area contributed by atoms with Crippen LogP contribution in [0.4, 0.5) is 0 Å². The van der Waals surface area contributed by atoms with Crippen LogP contribution in [-0.4, -0.2) is 31.6 Å². The number of ether oxygens (including phenoxy) is 4. The van der Waals surface area contributed by atoms with Crippen molar-refractivity contribution in [2.45, 2.75) is 58.5 Å². The van der Waals surface area contributed by atoms with Crippen molar-refractivity contribution < 1.29 is 23.7 Å². The van der Waals surface area contributed by atoms with Gasteiger partial charge in [0.05, 0.1) is 0 Å². The SMILES string of the molecule is CO[C@]1(C)OC2=C(C[C@@](C)(C(C)=O)CC2)O[C@@]1(C)OC. The van der Waals surface area contributed by atoms with Crippen molar-refractivity contribution in [3.8, 4) is 0 Å². The molecular formula is C15H24O5. The second-order valence-corrected chi connectivity index (χ2v) is 6.14. The fourth-order valence-electron chi connectivity index (χ4n) is 2.68. The molecule has 2 aliphatic rings. The minimum absolute atomic E-state index is 0.173. The van der Waals surface area contributed by atoms with Gasteiger partial charge >= 0.3 is 0 Å². The Morgan fingerprint density at radius 1 is 1.05 bits per heavy atom. The summed E-state index contributed by atoms with van der Waals surface area (Å²) < 4.78 is 23.0. The van der Waals surface area contributed by atoms with Crippen molar-refractivity contribution in [3.05, 3.63) is 11.5 Å². The van der Waals surface area contributed by atoms with Crippen molar-refractivity contribution in [1.29, 1.82) is 0 Å². The van der Waals surface area contributed by atoms with E-state index >= 15 is 0 Å². The van der Waals surface area contributed by atoms with Crippen molar-refractivity contribution in [3.63, 3.8) is 0 Å². The van der Waals surface area contributed by atoms with E-state index in [1.807, 2.05) is 6.92 Å². The van der Waals surface area contributed by atoms with Gasteiger partial charge in [-0.15, -0.1) is 0 Å². The van der Waals surface area contributed by atoms with Gasteiger partial charge in [-0.1, -0.05) is 6.92 Å². The second kappa shape index (κ2) is 4.74. The van der Waals surface area contributed by atoms with Crippen LogP contribution in [0, 0.1) is 5.41 Å². The molecule has 0 bridgehead atoms. The Morgan fingerprint density at radius 3 is 2.00 bits per heavy atom. The van der Waals surface area contributed by atoms with E-state index in [9.17, 15) is 4.79 Å². The smallest absolute Gasteiger partial charge is 0.272 e. The maximum atomic E-state index is 11.8.